The number of benzene rings is 1. The first-order chi connectivity index (χ1) is 15.2. The lowest BCUT2D eigenvalue weighted by atomic mass is 10.1. The zero-order chi connectivity index (χ0) is 21.0. The van der Waals surface area contributed by atoms with Gasteiger partial charge in [0.15, 0.2) is 5.17 Å². The van der Waals surface area contributed by atoms with Crippen LogP contribution in [0.15, 0.2) is 71.0 Å². The summed E-state index contributed by atoms with van der Waals surface area (Å²) >= 11 is 1.42. The lowest BCUT2D eigenvalue weighted by molar-refractivity contribution is -0.115. The molecule has 156 valence electrons. The van der Waals surface area contributed by atoms with Crippen molar-refractivity contribution >= 4 is 28.9 Å². The fraction of sp³-hybridized carbons (Fsp3) is 0.250. The Bertz CT molecular complexity index is 1130. The van der Waals surface area contributed by atoms with E-state index < -0.39 is 0 Å². The van der Waals surface area contributed by atoms with Crippen LogP contribution < -0.4 is 5.32 Å². The van der Waals surface area contributed by atoms with Gasteiger partial charge in [-0.05, 0) is 48.4 Å². The third-order valence-electron chi connectivity index (χ3n) is 5.47. The van der Waals surface area contributed by atoms with E-state index in [-0.39, 0.29) is 5.91 Å². The molecule has 6 nitrogen and oxygen atoms in total. The summed E-state index contributed by atoms with van der Waals surface area (Å²) in [6.07, 6.45) is 12.1. The smallest absolute Gasteiger partial charge is 0.264 e. The second-order valence-corrected chi connectivity index (χ2v) is 8.83. The summed E-state index contributed by atoms with van der Waals surface area (Å²) in [5.74, 6) is -0.102. The van der Waals surface area contributed by atoms with Gasteiger partial charge in [0.2, 0.25) is 0 Å². The van der Waals surface area contributed by atoms with E-state index in [0.717, 1.165) is 29.7 Å². The molecule has 1 saturated heterocycles. The van der Waals surface area contributed by atoms with Gasteiger partial charge in [-0.15, -0.1) is 0 Å². The molecule has 1 saturated carbocycles. The molecule has 0 spiro atoms. The maximum atomic E-state index is 12.6. The Hall–Kier alpha value is -3.19. The number of amides is 1. The van der Waals surface area contributed by atoms with Gasteiger partial charge >= 0.3 is 0 Å². The normalized spacial score (nSPS) is 19.4. The van der Waals surface area contributed by atoms with Crippen molar-refractivity contribution in [3.63, 3.8) is 0 Å². The first-order valence-corrected chi connectivity index (χ1v) is 11.4. The molecule has 5 rings (SSSR count). The topological polar surface area (TPSA) is 72.2 Å². The number of nitrogens with one attached hydrogen (secondary N) is 1. The van der Waals surface area contributed by atoms with Gasteiger partial charge in [-0.3, -0.25) is 19.5 Å². The highest BCUT2D eigenvalue weighted by molar-refractivity contribution is 8.18. The summed E-state index contributed by atoms with van der Waals surface area (Å²) in [6, 6.07) is 14.4. The van der Waals surface area contributed by atoms with Gasteiger partial charge in [-0.25, -0.2) is 0 Å². The first-order valence-electron chi connectivity index (χ1n) is 10.5. The summed E-state index contributed by atoms with van der Waals surface area (Å²) in [5.41, 5.74) is 3.79. The van der Waals surface area contributed by atoms with E-state index in [4.69, 9.17) is 10.1 Å². The molecule has 0 atom stereocenters. The summed E-state index contributed by atoms with van der Waals surface area (Å²) in [5, 5.41) is 8.44. The second-order valence-electron chi connectivity index (χ2n) is 7.80. The molecule has 0 unspecified atom stereocenters. The van der Waals surface area contributed by atoms with E-state index in [1.54, 1.807) is 12.4 Å². The number of rotatable bonds is 5. The number of hydrogen-bond acceptors (Lipinski definition) is 5. The van der Waals surface area contributed by atoms with Crippen LogP contribution in [0.5, 0.6) is 0 Å². The minimum Gasteiger partial charge on any atom is -0.301 e. The van der Waals surface area contributed by atoms with Crippen LogP contribution in [0.25, 0.3) is 17.3 Å². The Morgan fingerprint density at radius 3 is 2.77 bits per heavy atom. The Morgan fingerprint density at radius 2 is 2.00 bits per heavy atom. The summed E-state index contributed by atoms with van der Waals surface area (Å²) < 4.78 is 1.91. The van der Waals surface area contributed by atoms with Gasteiger partial charge in [-0.2, -0.15) is 5.10 Å². The molecule has 0 radical (unpaired) electrons. The minimum atomic E-state index is -0.102. The number of aliphatic imine (C=N–C) groups is 1. The van der Waals surface area contributed by atoms with Crippen LogP contribution in [0.2, 0.25) is 0 Å². The predicted molar refractivity (Wildman–Crippen MR) is 124 cm³/mol. The molecule has 3 heterocycles. The van der Waals surface area contributed by atoms with E-state index in [1.807, 2.05) is 47.3 Å². The molecule has 1 aliphatic carbocycles. The number of carbonyl (C=O) groups is 1. The van der Waals surface area contributed by atoms with Crippen molar-refractivity contribution in [2.24, 2.45) is 4.99 Å². The number of hydrogen-bond donors (Lipinski definition) is 1. The van der Waals surface area contributed by atoms with Gasteiger partial charge < -0.3 is 5.32 Å². The molecule has 3 aromatic rings. The molecule has 31 heavy (non-hydrogen) atoms. The average molecular weight is 430 g/mol. The zero-order valence-corrected chi connectivity index (χ0v) is 17.9. The van der Waals surface area contributed by atoms with E-state index in [1.165, 1.54) is 30.2 Å². The van der Waals surface area contributed by atoms with Gasteiger partial charge in [0, 0.05) is 29.7 Å². The number of carbonyl (C=O) groups excluding carboxylic acids is 1. The van der Waals surface area contributed by atoms with Crippen molar-refractivity contribution in [2.45, 2.75) is 38.3 Å². The molecular weight excluding hydrogens is 406 g/mol. The zero-order valence-electron chi connectivity index (χ0n) is 17.1. The number of amidine groups is 1. The molecule has 2 aromatic heterocycles. The quantitative estimate of drug-likeness (QED) is 0.607. The number of pyridine rings is 1. The monoisotopic (exact) mass is 429 g/mol. The van der Waals surface area contributed by atoms with Crippen LogP contribution in [0.1, 0.15) is 36.8 Å². The third kappa shape index (κ3) is 4.61. The fourth-order valence-electron chi connectivity index (χ4n) is 3.95. The fourth-order valence-corrected chi connectivity index (χ4v) is 4.83. The Balaban J connectivity index is 1.46. The maximum absolute atomic E-state index is 12.6. The summed E-state index contributed by atoms with van der Waals surface area (Å²) in [6.45, 7) is 0.658. The van der Waals surface area contributed by atoms with Crippen LogP contribution in [0.4, 0.5) is 0 Å². The van der Waals surface area contributed by atoms with E-state index >= 15 is 0 Å². The Kier molecular flexibility index (Phi) is 5.67. The van der Waals surface area contributed by atoms with E-state index in [2.05, 4.69) is 22.4 Å². The van der Waals surface area contributed by atoms with Crippen molar-refractivity contribution in [2.75, 3.05) is 0 Å². The highest BCUT2D eigenvalue weighted by Gasteiger charge is 2.26. The standard InChI is InChI=1S/C24H23N5OS/c30-23-21(31-24(27-23)26-20-10-4-5-11-20)13-19-16-29(15-17-7-2-1-3-8-17)28-22(19)18-9-6-12-25-14-18/h1-3,6-9,12-14,16,20H,4-5,10-11,15H2,(H,26,27,30)/b21-13-. The van der Waals surface area contributed by atoms with Crippen LogP contribution in [0.3, 0.4) is 0 Å². The van der Waals surface area contributed by atoms with E-state index in [0.29, 0.717) is 22.7 Å². The lowest BCUT2D eigenvalue weighted by Crippen LogP contribution is -2.21. The summed E-state index contributed by atoms with van der Waals surface area (Å²) in [4.78, 5) is 22.2. The van der Waals surface area contributed by atoms with Gasteiger partial charge in [-0.1, -0.05) is 43.2 Å². The van der Waals surface area contributed by atoms with Crippen molar-refractivity contribution in [1.82, 2.24) is 20.1 Å². The predicted octanol–water partition coefficient (Wildman–Crippen LogP) is 4.50. The Morgan fingerprint density at radius 1 is 1.16 bits per heavy atom. The second kappa shape index (κ2) is 8.89. The van der Waals surface area contributed by atoms with Gasteiger partial charge in [0.1, 0.15) is 5.69 Å². The number of nitrogens with zero attached hydrogens (tertiary/aromatic N) is 4. The van der Waals surface area contributed by atoms with Gasteiger partial charge in [0.25, 0.3) is 5.91 Å². The summed E-state index contributed by atoms with van der Waals surface area (Å²) in [7, 11) is 0. The van der Waals surface area contributed by atoms with Crippen LogP contribution >= 0.6 is 11.8 Å². The molecule has 1 amide bonds. The minimum absolute atomic E-state index is 0.102. The number of aromatic nitrogens is 3. The molecule has 1 N–H and O–H groups in total. The Labute approximate surface area is 185 Å². The molecule has 1 aliphatic heterocycles. The number of thioether (sulfide) groups is 1. The molecule has 0 bridgehead atoms. The highest BCUT2D eigenvalue weighted by atomic mass is 32.2. The maximum Gasteiger partial charge on any atom is 0.264 e. The van der Waals surface area contributed by atoms with E-state index in [9.17, 15) is 4.79 Å². The van der Waals surface area contributed by atoms with Crippen LogP contribution in [-0.4, -0.2) is 31.9 Å². The molecule has 7 heteroatoms. The van der Waals surface area contributed by atoms with Crippen molar-refractivity contribution < 1.29 is 4.79 Å². The van der Waals surface area contributed by atoms with Crippen molar-refractivity contribution in [1.29, 1.82) is 0 Å². The van der Waals surface area contributed by atoms with Crippen molar-refractivity contribution in [3.8, 4) is 11.3 Å². The molecule has 2 aliphatic rings. The SMILES string of the molecule is O=C1NC(=NC2CCCC2)S/C1=C\c1cn(Cc2ccccc2)nc1-c1cccnc1. The molecule has 2 fully saturated rings. The average Bonchev–Trinajstić information content (AvgIpc) is 3.52. The molecule has 1 aromatic carbocycles. The molecular formula is C24H23N5OS. The van der Waals surface area contributed by atoms with Gasteiger partial charge in [0.05, 0.1) is 17.5 Å². The lowest BCUT2D eigenvalue weighted by Gasteiger charge is -2.02. The first kappa shape index (κ1) is 19.8. The highest BCUT2D eigenvalue weighted by Crippen LogP contribution is 2.31. The third-order valence-corrected chi connectivity index (χ3v) is 6.40. The largest absolute Gasteiger partial charge is 0.301 e. The van der Waals surface area contributed by atoms with Crippen molar-refractivity contribution in [3.05, 3.63) is 77.1 Å². The van der Waals surface area contributed by atoms with Crippen LogP contribution in [0, 0.1) is 0 Å². The van der Waals surface area contributed by atoms with Crippen LogP contribution in [-0.2, 0) is 11.3 Å².